The molecule has 0 aromatic heterocycles. The van der Waals surface area contributed by atoms with Gasteiger partial charge in [-0.15, -0.1) is 0 Å². The summed E-state index contributed by atoms with van der Waals surface area (Å²) in [4.78, 5) is 28.3. The van der Waals surface area contributed by atoms with Crippen molar-refractivity contribution in [2.45, 2.75) is 77.4 Å². The van der Waals surface area contributed by atoms with Crippen LogP contribution in [0.2, 0.25) is 5.02 Å². The molecule has 1 aliphatic rings. The normalized spacial score (nSPS) is 14.8. The Bertz CT molecular complexity index is 1220. The van der Waals surface area contributed by atoms with E-state index in [4.69, 9.17) is 11.6 Å². The van der Waals surface area contributed by atoms with Crippen molar-refractivity contribution >= 4 is 39.1 Å². The van der Waals surface area contributed by atoms with Gasteiger partial charge >= 0.3 is 0 Å². The van der Waals surface area contributed by atoms with E-state index in [1.165, 1.54) is 21.3 Å². The summed E-state index contributed by atoms with van der Waals surface area (Å²) in [6, 6.07) is 10.3. The molecule has 0 bridgehead atoms. The van der Waals surface area contributed by atoms with Crippen molar-refractivity contribution < 1.29 is 22.4 Å². The standard InChI is InChI=1S/C28H37ClFN3O4S/c1-4-25(28(35)31-24-8-5-6-9-24)32(19-21-12-15-23(30)16-13-21)27(34)10-7-17-33(38(3,36)37)26-18-22(29)14-11-20(26)2/h11-16,18,24-25H,4-10,17,19H2,1-3H3,(H,31,35). The van der Waals surface area contributed by atoms with Crippen molar-refractivity contribution in [3.63, 3.8) is 0 Å². The molecule has 0 spiro atoms. The van der Waals surface area contributed by atoms with Gasteiger partial charge in [-0.05, 0) is 68.0 Å². The SMILES string of the molecule is CCC(C(=O)NC1CCCC1)N(Cc1ccc(F)cc1)C(=O)CCCN(c1cc(Cl)ccc1C)S(C)(=O)=O. The zero-order chi connectivity index (χ0) is 27.9. The Balaban J connectivity index is 1.77. The molecule has 2 amide bonds. The molecule has 2 aromatic carbocycles. The predicted molar refractivity (Wildman–Crippen MR) is 149 cm³/mol. The van der Waals surface area contributed by atoms with Gasteiger partial charge in [-0.25, -0.2) is 12.8 Å². The molecule has 1 atom stereocenters. The van der Waals surface area contributed by atoms with Crippen LogP contribution in [0.4, 0.5) is 10.1 Å². The van der Waals surface area contributed by atoms with Crippen molar-refractivity contribution in [1.29, 1.82) is 0 Å². The van der Waals surface area contributed by atoms with Gasteiger partial charge in [-0.2, -0.15) is 0 Å². The second kappa shape index (κ2) is 13.4. The second-order valence-corrected chi connectivity index (χ2v) is 12.3. The van der Waals surface area contributed by atoms with E-state index in [0.29, 0.717) is 22.7 Å². The highest BCUT2D eigenvalue weighted by Crippen LogP contribution is 2.27. The van der Waals surface area contributed by atoms with Crippen LogP contribution in [0.15, 0.2) is 42.5 Å². The monoisotopic (exact) mass is 565 g/mol. The summed E-state index contributed by atoms with van der Waals surface area (Å²) in [5.74, 6) is -0.837. The molecule has 208 valence electrons. The maximum absolute atomic E-state index is 13.5. The average molecular weight is 566 g/mol. The third-order valence-electron chi connectivity index (χ3n) is 6.95. The fraction of sp³-hybridized carbons (Fsp3) is 0.500. The number of nitrogens with zero attached hydrogens (tertiary/aromatic N) is 2. The van der Waals surface area contributed by atoms with E-state index in [1.54, 1.807) is 37.3 Å². The fourth-order valence-electron chi connectivity index (χ4n) is 4.91. The zero-order valence-electron chi connectivity index (χ0n) is 22.3. The topological polar surface area (TPSA) is 86.8 Å². The minimum atomic E-state index is -3.63. The van der Waals surface area contributed by atoms with Gasteiger partial charge in [0.2, 0.25) is 21.8 Å². The van der Waals surface area contributed by atoms with E-state index < -0.39 is 16.1 Å². The molecule has 3 rings (SSSR count). The van der Waals surface area contributed by atoms with Gasteiger partial charge in [0.05, 0.1) is 11.9 Å². The number of sulfonamides is 1. The molecule has 38 heavy (non-hydrogen) atoms. The smallest absolute Gasteiger partial charge is 0.243 e. The number of anilines is 1. The molecule has 2 aromatic rings. The number of amides is 2. The van der Waals surface area contributed by atoms with Crippen LogP contribution >= 0.6 is 11.6 Å². The lowest BCUT2D eigenvalue weighted by molar-refractivity contribution is -0.141. The van der Waals surface area contributed by atoms with E-state index in [0.717, 1.165) is 37.5 Å². The van der Waals surface area contributed by atoms with Crippen molar-refractivity contribution in [3.05, 3.63) is 64.4 Å². The molecule has 10 heteroatoms. The van der Waals surface area contributed by atoms with Crippen LogP contribution in [0, 0.1) is 12.7 Å². The Morgan fingerprint density at radius 3 is 2.39 bits per heavy atom. The summed E-state index contributed by atoms with van der Waals surface area (Å²) in [5, 5.41) is 3.51. The summed E-state index contributed by atoms with van der Waals surface area (Å²) in [5.41, 5.74) is 1.93. The van der Waals surface area contributed by atoms with Gasteiger partial charge in [-0.3, -0.25) is 13.9 Å². The van der Waals surface area contributed by atoms with Crippen LogP contribution in [-0.2, 0) is 26.2 Å². The Labute approximate surface area is 230 Å². The van der Waals surface area contributed by atoms with E-state index >= 15 is 0 Å². The molecule has 1 unspecified atom stereocenters. The number of carbonyl (C=O) groups excluding carboxylic acids is 2. The molecule has 1 fully saturated rings. The van der Waals surface area contributed by atoms with Crippen molar-refractivity contribution in [1.82, 2.24) is 10.2 Å². The maximum atomic E-state index is 13.5. The number of halogens is 2. The summed E-state index contributed by atoms with van der Waals surface area (Å²) in [7, 11) is -3.63. The third-order valence-corrected chi connectivity index (χ3v) is 8.36. The van der Waals surface area contributed by atoms with E-state index in [2.05, 4.69) is 5.32 Å². The Hall–Kier alpha value is -2.65. The molecule has 1 aliphatic carbocycles. The molecular formula is C28H37ClFN3O4S. The number of aryl methyl sites for hydroxylation is 1. The number of carbonyl (C=O) groups is 2. The number of hydrogen-bond donors (Lipinski definition) is 1. The summed E-state index contributed by atoms with van der Waals surface area (Å²) < 4.78 is 39.9. The van der Waals surface area contributed by atoms with Gasteiger partial charge in [-0.1, -0.05) is 49.6 Å². The first kappa shape index (κ1) is 29.9. The highest BCUT2D eigenvalue weighted by Gasteiger charge is 2.31. The van der Waals surface area contributed by atoms with Crippen LogP contribution in [0.5, 0.6) is 0 Å². The fourth-order valence-corrected chi connectivity index (χ4v) is 6.09. The van der Waals surface area contributed by atoms with Gasteiger partial charge in [0.1, 0.15) is 11.9 Å². The van der Waals surface area contributed by atoms with Crippen molar-refractivity contribution in [3.8, 4) is 0 Å². The van der Waals surface area contributed by atoms with E-state index in [1.807, 2.05) is 6.92 Å². The van der Waals surface area contributed by atoms with Crippen LogP contribution in [0.25, 0.3) is 0 Å². The molecular weight excluding hydrogens is 529 g/mol. The highest BCUT2D eigenvalue weighted by molar-refractivity contribution is 7.92. The zero-order valence-corrected chi connectivity index (χ0v) is 23.8. The Kier molecular flexibility index (Phi) is 10.6. The van der Waals surface area contributed by atoms with Crippen molar-refractivity contribution in [2.75, 3.05) is 17.1 Å². The van der Waals surface area contributed by atoms with E-state index in [9.17, 15) is 22.4 Å². The molecule has 0 radical (unpaired) electrons. The van der Waals surface area contributed by atoms with Gasteiger partial charge in [0, 0.05) is 30.6 Å². The molecule has 0 heterocycles. The molecule has 1 N–H and O–H groups in total. The average Bonchev–Trinajstić information content (AvgIpc) is 3.36. The number of benzene rings is 2. The maximum Gasteiger partial charge on any atom is 0.243 e. The van der Waals surface area contributed by atoms with Gasteiger partial charge < -0.3 is 10.2 Å². The second-order valence-electron chi connectivity index (χ2n) is 9.93. The summed E-state index contributed by atoms with van der Waals surface area (Å²) in [6.45, 7) is 3.89. The van der Waals surface area contributed by atoms with Crippen LogP contribution in [0.1, 0.15) is 63.0 Å². The third kappa shape index (κ3) is 8.17. The molecule has 0 aliphatic heterocycles. The lowest BCUT2D eigenvalue weighted by Crippen LogP contribution is -2.51. The summed E-state index contributed by atoms with van der Waals surface area (Å²) in [6.07, 6.45) is 5.83. The first-order valence-electron chi connectivity index (χ1n) is 13.1. The van der Waals surface area contributed by atoms with Crippen LogP contribution in [-0.4, -0.2) is 50.0 Å². The summed E-state index contributed by atoms with van der Waals surface area (Å²) >= 11 is 6.12. The number of hydrogen-bond acceptors (Lipinski definition) is 4. The Morgan fingerprint density at radius 1 is 1.13 bits per heavy atom. The van der Waals surface area contributed by atoms with Gasteiger partial charge in [0.15, 0.2) is 0 Å². The predicted octanol–water partition coefficient (Wildman–Crippen LogP) is 5.20. The minimum absolute atomic E-state index is 0.0417. The van der Waals surface area contributed by atoms with Crippen molar-refractivity contribution in [2.24, 2.45) is 0 Å². The molecule has 0 saturated heterocycles. The number of nitrogens with one attached hydrogen (secondary N) is 1. The Morgan fingerprint density at radius 2 is 1.79 bits per heavy atom. The first-order valence-corrected chi connectivity index (χ1v) is 15.3. The highest BCUT2D eigenvalue weighted by atomic mass is 35.5. The minimum Gasteiger partial charge on any atom is -0.352 e. The lowest BCUT2D eigenvalue weighted by atomic mass is 10.1. The quantitative estimate of drug-likeness (QED) is 0.383. The lowest BCUT2D eigenvalue weighted by Gasteiger charge is -2.32. The first-order chi connectivity index (χ1) is 18.0. The molecule has 7 nitrogen and oxygen atoms in total. The van der Waals surface area contributed by atoms with Gasteiger partial charge in [0.25, 0.3) is 0 Å². The number of rotatable bonds is 12. The largest absolute Gasteiger partial charge is 0.352 e. The van der Waals surface area contributed by atoms with Crippen LogP contribution < -0.4 is 9.62 Å². The van der Waals surface area contributed by atoms with Crippen LogP contribution in [0.3, 0.4) is 0 Å². The molecule has 1 saturated carbocycles. The van der Waals surface area contributed by atoms with E-state index in [-0.39, 0.29) is 49.6 Å².